The van der Waals surface area contributed by atoms with E-state index in [1.54, 1.807) is 16.4 Å². The lowest BCUT2D eigenvalue weighted by Gasteiger charge is -2.38. The van der Waals surface area contributed by atoms with Crippen molar-refractivity contribution in [1.29, 1.82) is 0 Å². The van der Waals surface area contributed by atoms with E-state index < -0.39 is 22.0 Å². The molecule has 7 heteroatoms. The van der Waals surface area contributed by atoms with Crippen LogP contribution in [0.5, 0.6) is 0 Å². The van der Waals surface area contributed by atoms with Gasteiger partial charge in [0.2, 0.25) is 10.0 Å². The first kappa shape index (κ1) is 20.1. The first-order valence-corrected chi connectivity index (χ1v) is 11.4. The van der Waals surface area contributed by atoms with E-state index in [4.69, 9.17) is 4.74 Å². The normalized spacial score (nSPS) is 22.3. The minimum Gasteiger partial charge on any atom is -0.469 e. The first-order chi connectivity index (χ1) is 14.0. The van der Waals surface area contributed by atoms with Crippen LogP contribution in [0.15, 0.2) is 59.5 Å². The molecule has 2 aliphatic rings. The molecule has 0 amide bonds. The molecule has 6 nitrogen and oxygen atoms in total. The molecule has 1 saturated heterocycles. The second-order valence-electron chi connectivity index (χ2n) is 7.66. The lowest BCUT2D eigenvalue weighted by Crippen LogP contribution is -2.46. The fraction of sp³-hybridized carbons (Fsp3) is 0.409. The van der Waals surface area contributed by atoms with E-state index in [0.717, 1.165) is 32.5 Å². The topological polar surface area (TPSA) is 66.9 Å². The molecule has 0 N–H and O–H groups in total. The summed E-state index contributed by atoms with van der Waals surface area (Å²) in [5, 5.41) is 0. The Kier molecular flexibility index (Phi) is 5.72. The highest BCUT2D eigenvalue weighted by Crippen LogP contribution is 2.44. The number of ether oxygens (including phenoxy) is 1. The fourth-order valence-electron chi connectivity index (χ4n) is 4.47. The molecular formula is C22H26N2O4S. The van der Waals surface area contributed by atoms with E-state index in [0.29, 0.717) is 10.5 Å². The third kappa shape index (κ3) is 3.95. The highest BCUT2D eigenvalue weighted by atomic mass is 32.2. The maximum atomic E-state index is 13.3. The Bertz CT molecular complexity index is 969. The van der Waals surface area contributed by atoms with Crippen LogP contribution in [0.1, 0.15) is 36.4 Å². The number of methoxy groups -OCH3 is 1. The van der Waals surface area contributed by atoms with E-state index in [1.165, 1.54) is 12.7 Å². The zero-order valence-corrected chi connectivity index (χ0v) is 17.3. The van der Waals surface area contributed by atoms with Crippen molar-refractivity contribution in [3.63, 3.8) is 0 Å². The quantitative estimate of drug-likeness (QED) is 0.704. The smallest absolute Gasteiger partial charge is 0.307 e. The highest BCUT2D eigenvalue weighted by Gasteiger charge is 2.47. The van der Waals surface area contributed by atoms with E-state index in [2.05, 4.69) is 17.0 Å². The number of carbonyl (C=O) groups excluding carboxylic acids is 1. The van der Waals surface area contributed by atoms with E-state index in [-0.39, 0.29) is 12.5 Å². The van der Waals surface area contributed by atoms with E-state index in [1.807, 2.05) is 30.3 Å². The lowest BCUT2D eigenvalue weighted by atomic mass is 9.98. The molecule has 29 heavy (non-hydrogen) atoms. The van der Waals surface area contributed by atoms with Gasteiger partial charge < -0.3 is 4.74 Å². The molecule has 0 bridgehead atoms. The Morgan fingerprint density at radius 3 is 2.38 bits per heavy atom. The lowest BCUT2D eigenvalue weighted by molar-refractivity contribution is -0.141. The van der Waals surface area contributed by atoms with Crippen LogP contribution in [0.25, 0.3) is 0 Å². The number of esters is 1. The summed E-state index contributed by atoms with van der Waals surface area (Å²) in [6.07, 6.45) is 1.53. The number of benzene rings is 2. The van der Waals surface area contributed by atoms with Gasteiger partial charge in [-0.15, -0.1) is 0 Å². The van der Waals surface area contributed by atoms with Crippen molar-refractivity contribution in [3.8, 4) is 0 Å². The van der Waals surface area contributed by atoms with Crippen molar-refractivity contribution in [3.05, 3.63) is 65.7 Å². The van der Waals surface area contributed by atoms with Crippen LogP contribution >= 0.6 is 0 Å². The average molecular weight is 415 g/mol. The van der Waals surface area contributed by atoms with Gasteiger partial charge in [-0.1, -0.05) is 48.5 Å². The maximum Gasteiger partial charge on any atom is 0.307 e. The summed E-state index contributed by atoms with van der Waals surface area (Å²) in [5.74, 6) is -0.395. The maximum absolute atomic E-state index is 13.3. The van der Waals surface area contributed by atoms with Gasteiger partial charge in [-0.3, -0.25) is 9.69 Å². The number of likely N-dealkylation sites (tertiary alicyclic amines) is 1. The molecule has 4 rings (SSSR count). The van der Waals surface area contributed by atoms with Gasteiger partial charge in [-0.2, -0.15) is 4.31 Å². The minimum absolute atomic E-state index is 0.0387. The second kappa shape index (κ2) is 8.26. The van der Waals surface area contributed by atoms with Crippen LogP contribution < -0.4 is 0 Å². The Morgan fingerprint density at radius 2 is 1.69 bits per heavy atom. The Hall–Kier alpha value is -2.22. The molecule has 0 radical (unpaired) electrons. The van der Waals surface area contributed by atoms with E-state index in [9.17, 15) is 13.2 Å². The van der Waals surface area contributed by atoms with Gasteiger partial charge in [0.25, 0.3) is 0 Å². The highest BCUT2D eigenvalue weighted by molar-refractivity contribution is 7.89. The standard InChI is InChI=1S/C22H26N2O4S/c1-28-22(25)15-20-19-9-5-6-10-21(19)29(26,27)24(20)18-11-13-23(14-12-18)16-17-7-3-2-4-8-17/h2-10,18,20H,11-16H2,1H3/t20-/m0/s1. The molecule has 0 spiro atoms. The van der Waals surface area contributed by atoms with Gasteiger partial charge in [0.15, 0.2) is 0 Å². The van der Waals surface area contributed by atoms with Gasteiger partial charge in [0.05, 0.1) is 24.5 Å². The predicted octanol–water partition coefficient (Wildman–Crippen LogP) is 2.96. The number of piperidine rings is 1. The van der Waals surface area contributed by atoms with Crippen molar-refractivity contribution in [2.45, 2.75) is 42.8 Å². The zero-order valence-electron chi connectivity index (χ0n) is 16.5. The molecule has 0 aromatic heterocycles. The van der Waals surface area contributed by atoms with Crippen molar-refractivity contribution >= 4 is 16.0 Å². The third-order valence-corrected chi connectivity index (χ3v) is 7.93. The van der Waals surface area contributed by atoms with Crippen molar-refractivity contribution in [1.82, 2.24) is 9.21 Å². The molecule has 1 atom stereocenters. The number of rotatable bonds is 5. The molecule has 2 aliphatic heterocycles. The molecule has 0 aliphatic carbocycles. The second-order valence-corrected chi connectivity index (χ2v) is 9.47. The molecular weight excluding hydrogens is 388 g/mol. The Morgan fingerprint density at radius 1 is 1.03 bits per heavy atom. The van der Waals surface area contributed by atoms with Gasteiger partial charge in [-0.25, -0.2) is 8.42 Å². The first-order valence-electron chi connectivity index (χ1n) is 9.96. The monoisotopic (exact) mass is 414 g/mol. The third-order valence-electron chi connectivity index (χ3n) is 5.89. The molecule has 1 fully saturated rings. The minimum atomic E-state index is -3.62. The van der Waals surface area contributed by atoms with Crippen LogP contribution in [-0.4, -0.2) is 49.8 Å². The Balaban J connectivity index is 1.53. The van der Waals surface area contributed by atoms with Gasteiger partial charge in [0, 0.05) is 25.7 Å². The molecule has 154 valence electrons. The van der Waals surface area contributed by atoms with Crippen molar-refractivity contribution in [2.75, 3.05) is 20.2 Å². The summed E-state index contributed by atoms with van der Waals surface area (Å²) in [7, 11) is -2.28. The average Bonchev–Trinajstić information content (AvgIpc) is 2.96. The zero-order chi connectivity index (χ0) is 20.4. The predicted molar refractivity (Wildman–Crippen MR) is 110 cm³/mol. The number of nitrogens with zero attached hydrogens (tertiary/aromatic N) is 2. The van der Waals surface area contributed by atoms with Crippen molar-refractivity contribution in [2.24, 2.45) is 0 Å². The number of hydrogen-bond donors (Lipinski definition) is 0. The van der Waals surface area contributed by atoms with E-state index >= 15 is 0 Å². The number of carbonyl (C=O) groups is 1. The Labute approximate surface area is 172 Å². The van der Waals surface area contributed by atoms with Crippen LogP contribution in [0.2, 0.25) is 0 Å². The molecule has 2 heterocycles. The SMILES string of the molecule is COC(=O)C[C@H]1c2ccccc2S(=O)(=O)N1C1CCN(Cc2ccccc2)CC1. The van der Waals surface area contributed by atoms with Gasteiger partial charge in [0.1, 0.15) is 0 Å². The number of fused-ring (bicyclic) bond motifs is 1. The van der Waals surface area contributed by atoms with Crippen LogP contribution in [0, 0.1) is 0 Å². The van der Waals surface area contributed by atoms with Crippen LogP contribution in [-0.2, 0) is 26.1 Å². The summed E-state index contributed by atoms with van der Waals surface area (Å²) in [5.41, 5.74) is 1.96. The number of sulfonamides is 1. The van der Waals surface area contributed by atoms with Gasteiger partial charge in [-0.05, 0) is 30.0 Å². The summed E-state index contributed by atoms with van der Waals surface area (Å²) in [4.78, 5) is 14.7. The molecule has 2 aromatic carbocycles. The molecule has 2 aromatic rings. The van der Waals surface area contributed by atoms with Crippen LogP contribution in [0.4, 0.5) is 0 Å². The summed E-state index contributed by atoms with van der Waals surface area (Å²) < 4.78 is 33.0. The van der Waals surface area contributed by atoms with Crippen LogP contribution in [0.3, 0.4) is 0 Å². The summed E-state index contributed by atoms with van der Waals surface area (Å²) >= 11 is 0. The summed E-state index contributed by atoms with van der Waals surface area (Å²) in [6, 6.07) is 16.7. The van der Waals surface area contributed by atoms with Gasteiger partial charge >= 0.3 is 5.97 Å². The number of hydrogen-bond acceptors (Lipinski definition) is 5. The molecule has 0 unspecified atom stereocenters. The molecule has 0 saturated carbocycles. The van der Waals surface area contributed by atoms with Crippen molar-refractivity contribution < 1.29 is 17.9 Å². The largest absolute Gasteiger partial charge is 0.469 e. The summed E-state index contributed by atoms with van der Waals surface area (Å²) in [6.45, 7) is 2.52. The fourth-order valence-corrected chi connectivity index (χ4v) is 6.58.